The second kappa shape index (κ2) is 5.96. The maximum atomic E-state index is 8.80. The maximum Gasteiger partial charge on any atom is 0.121 e. The first-order valence-electron chi connectivity index (χ1n) is 5.44. The monoisotopic (exact) mass is 336 g/mol. The summed E-state index contributed by atoms with van der Waals surface area (Å²) in [6.07, 6.45) is 0. The highest BCUT2D eigenvalue weighted by molar-refractivity contribution is 9.10. The first kappa shape index (κ1) is 13.7. The Labute approximate surface area is 124 Å². The van der Waals surface area contributed by atoms with Gasteiger partial charge in [0.25, 0.3) is 0 Å². The molecule has 0 amide bonds. The number of nitriles is 1. The van der Waals surface area contributed by atoms with Crippen molar-refractivity contribution in [2.45, 2.75) is 0 Å². The van der Waals surface area contributed by atoms with Crippen molar-refractivity contribution in [3.63, 3.8) is 0 Å². The summed E-state index contributed by atoms with van der Waals surface area (Å²) < 4.78 is 6.07. The van der Waals surface area contributed by atoms with E-state index in [0.717, 1.165) is 21.6 Å². The summed E-state index contributed by atoms with van der Waals surface area (Å²) in [6.45, 7) is 0. The van der Waals surface area contributed by atoms with Crippen LogP contribution in [0.3, 0.4) is 0 Å². The van der Waals surface area contributed by atoms with Crippen LogP contribution >= 0.6 is 27.5 Å². The zero-order valence-corrected chi connectivity index (χ0v) is 12.4. The van der Waals surface area contributed by atoms with Gasteiger partial charge in [0.2, 0.25) is 0 Å². The number of nitrogens with one attached hydrogen (secondary N) is 1. The fourth-order valence-electron chi connectivity index (χ4n) is 1.56. The zero-order chi connectivity index (χ0) is 13.8. The van der Waals surface area contributed by atoms with Crippen LogP contribution in [0.5, 0.6) is 5.75 Å². The molecular weight excluding hydrogens is 328 g/mol. The first-order chi connectivity index (χ1) is 9.13. The summed E-state index contributed by atoms with van der Waals surface area (Å²) in [4.78, 5) is 0. The van der Waals surface area contributed by atoms with Gasteiger partial charge in [-0.15, -0.1) is 0 Å². The van der Waals surface area contributed by atoms with Gasteiger partial charge in [-0.3, -0.25) is 0 Å². The zero-order valence-electron chi connectivity index (χ0n) is 10.1. The third-order valence-corrected chi connectivity index (χ3v) is 3.55. The van der Waals surface area contributed by atoms with E-state index in [2.05, 4.69) is 21.2 Å². The van der Waals surface area contributed by atoms with E-state index in [1.165, 1.54) is 0 Å². The van der Waals surface area contributed by atoms with Gasteiger partial charge in [-0.1, -0.05) is 11.6 Å². The first-order valence-corrected chi connectivity index (χ1v) is 6.61. The van der Waals surface area contributed by atoms with E-state index in [1.807, 2.05) is 24.3 Å². The quantitative estimate of drug-likeness (QED) is 0.881. The number of ether oxygens (including phenoxy) is 1. The molecule has 3 nitrogen and oxygen atoms in total. The van der Waals surface area contributed by atoms with Crippen molar-refractivity contribution in [1.82, 2.24) is 0 Å². The van der Waals surface area contributed by atoms with Crippen molar-refractivity contribution in [2.75, 3.05) is 12.4 Å². The predicted molar refractivity (Wildman–Crippen MR) is 80.1 cm³/mol. The molecule has 0 aliphatic rings. The average molecular weight is 338 g/mol. The molecule has 0 saturated carbocycles. The van der Waals surface area contributed by atoms with Gasteiger partial charge in [-0.05, 0) is 46.3 Å². The highest BCUT2D eigenvalue weighted by Gasteiger charge is 2.06. The van der Waals surface area contributed by atoms with Gasteiger partial charge >= 0.3 is 0 Å². The minimum Gasteiger partial charge on any atom is -0.497 e. The minimum atomic E-state index is 0.494. The van der Waals surface area contributed by atoms with Crippen LogP contribution in [-0.4, -0.2) is 7.11 Å². The Hall–Kier alpha value is -1.70. The average Bonchev–Trinajstić information content (AvgIpc) is 2.43. The normalized spacial score (nSPS) is 9.79. The minimum absolute atomic E-state index is 0.494. The van der Waals surface area contributed by atoms with Gasteiger partial charge in [-0.25, -0.2) is 0 Å². The molecular formula is C14H10BrClN2O. The number of hydrogen-bond donors (Lipinski definition) is 1. The summed E-state index contributed by atoms with van der Waals surface area (Å²) in [6, 6.07) is 12.8. The van der Waals surface area contributed by atoms with Crippen molar-refractivity contribution in [3.8, 4) is 11.8 Å². The lowest BCUT2D eigenvalue weighted by atomic mass is 10.2. The van der Waals surface area contributed by atoms with Crippen LogP contribution in [0.2, 0.25) is 5.02 Å². The fraction of sp³-hybridized carbons (Fsp3) is 0.0714. The molecule has 19 heavy (non-hydrogen) atoms. The van der Waals surface area contributed by atoms with E-state index in [4.69, 9.17) is 21.6 Å². The maximum absolute atomic E-state index is 8.80. The summed E-state index contributed by atoms with van der Waals surface area (Å²) in [5.41, 5.74) is 2.10. The van der Waals surface area contributed by atoms with E-state index in [-0.39, 0.29) is 0 Å². The smallest absolute Gasteiger partial charge is 0.121 e. The SMILES string of the molecule is COc1ccc(Br)c(Nc2ccc(C#N)cc2Cl)c1. The van der Waals surface area contributed by atoms with Gasteiger partial charge in [0.15, 0.2) is 0 Å². The molecule has 1 N–H and O–H groups in total. The Balaban J connectivity index is 2.33. The van der Waals surface area contributed by atoms with Gasteiger partial charge < -0.3 is 10.1 Å². The lowest BCUT2D eigenvalue weighted by Crippen LogP contribution is -1.94. The lowest BCUT2D eigenvalue weighted by molar-refractivity contribution is 0.415. The molecule has 0 spiro atoms. The Bertz CT molecular complexity index is 652. The number of nitrogens with zero attached hydrogens (tertiary/aromatic N) is 1. The number of methoxy groups -OCH3 is 1. The van der Waals surface area contributed by atoms with Crippen molar-refractivity contribution >= 4 is 38.9 Å². The lowest BCUT2D eigenvalue weighted by Gasteiger charge is -2.11. The van der Waals surface area contributed by atoms with E-state index in [9.17, 15) is 0 Å². The Kier molecular flexibility index (Phi) is 4.31. The molecule has 0 heterocycles. The van der Waals surface area contributed by atoms with Crippen LogP contribution in [0.15, 0.2) is 40.9 Å². The second-order valence-corrected chi connectivity index (χ2v) is 5.04. The standard InChI is InChI=1S/C14H10BrClN2O/c1-19-10-3-4-11(15)14(7-10)18-13-5-2-9(8-17)6-12(13)16/h2-7,18H,1H3. The molecule has 2 aromatic carbocycles. The number of benzene rings is 2. The van der Waals surface area contributed by atoms with Gasteiger partial charge in [0.05, 0.1) is 35.1 Å². The summed E-state index contributed by atoms with van der Waals surface area (Å²) in [5.74, 6) is 0.746. The number of anilines is 2. The van der Waals surface area contributed by atoms with Crippen LogP contribution in [0, 0.1) is 11.3 Å². The number of hydrogen-bond acceptors (Lipinski definition) is 3. The summed E-state index contributed by atoms with van der Waals surface area (Å²) in [7, 11) is 1.61. The van der Waals surface area contributed by atoms with Crippen LogP contribution < -0.4 is 10.1 Å². The van der Waals surface area contributed by atoms with Gasteiger partial charge in [-0.2, -0.15) is 5.26 Å². The van der Waals surface area contributed by atoms with Crippen LogP contribution in [0.4, 0.5) is 11.4 Å². The van der Waals surface area contributed by atoms with Crippen molar-refractivity contribution in [1.29, 1.82) is 5.26 Å². The fourth-order valence-corrected chi connectivity index (χ4v) is 2.13. The third-order valence-electron chi connectivity index (χ3n) is 2.54. The van der Waals surface area contributed by atoms with Crippen LogP contribution in [0.25, 0.3) is 0 Å². The topological polar surface area (TPSA) is 45.0 Å². The van der Waals surface area contributed by atoms with Crippen LogP contribution in [-0.2, 0) is 0 Å². The van der Waals surface area contributed by atoms with E-state index < -0.39 is 0 Å². The molecule has 96 valence electrons. The second-order valence-electron chi connectivity index (χ2n) is 3.78. The highest BCUT2D eigenvalue weighted by atomic mass is 79.9. The molecule has 0 saturated heterocycles. The number of rotatable bonds is 3. The molecule has 5 heteroatoms. The summed E-state index contributed by atoms with van der Waals surface area (Å²) >= 11 is 9.58. The van der Waals surface area contributed by atoms with Crippen molar-refractivity contribution < 1.29 is 4.74 Å². The molecule has 0 atom stereocenters. The molecule has 2 rings (SSSR count). The van der Waals surface area contributed by atoms with Gasteiger partial charge in [0.1, 0.15) is 5.75 Å². The molecule has 0 aromatic heterocycles. The highest BCUT2D eigenvalue weighted by Crippen LogP contribution is 2.32. The molecule has 0 fully saturated rings. The Morgan fingerprint density at radius 2 is 2.00 bits per heavy atom. The van der Waals surface area contributed by atoms with Crippen molar-refractivity contribution in [2.24, 2.45) is 0 Å². The summed E-state index contributed by atoms with van der Waals surface area (Å²) in [5, 5.41) is 12.5. The Morgan fingerprint density at radius 1 is 1.21 bits per heavy atom. The van der Waals surface area contributed by atoms with E-state index in [0.29, 0.717) is 10.6 Å². The van der Waals surface area contributed by atoms with E-state index in [1.54, 1.807) is 25.3 Å². The largest absolute Gasteiger partial charge is 0.497 e. The molecule has 0 aliphatic heterocycles. The molecule has 0 unspecified atom stereocenters. The molecule has 2 aromatic rings. The van der Waals surface area contributed by atoms with Gasteiger partial charge in [0, 0.05) is 10.5 Å². The number of halogens is 2. The van der Waals surface area contributed by atoms with E-state index >= 15 is 0 Å². The predicted octanol–water partition coefficient (Wildman–Crippen LogP) is 4.73. The molecule has 0 aliphatic carbocycles. The molecule has 0 radical (unpaired) electrons. The molecule has 0 bridgehead atoms. The van der Waals surface area contributed by atoms with Crippen molar-refractivity contribution in [3.05, 3.63) is 51.5 Å². The van der Waals surface area contributed by atoms with Crippen LogP contribution in [0.1, 0.15) is 5.56 Å². The Morgan fingerprint density at radius 3 is 2.63 bits per heavy atom. The third kappa shape index (κ3) is 3.19.